The molecular formula is C16H20N4O3. The predicted octanol–water partition coefficient (Wildman–Crippen LogP) is 2.33. The molecule has 0 unspecified atom stereocenters. The fourth-order valence-electron chi connectivity index (χ4n) is 2.87. The van der Waals surface area contributed by atoms with E-state index in [1.807, 2.05) is 6.92 Å². The summed E-state index contributed by atoms with van der Waals surface area (Å²) in [6, 6.07) is 3.50. The van der Waals surface area contributed by atoms with E-state index in [4.69, 9.17) is 9.26 Å². The first-order valence-electron chi connectivity index (χ1n) is 7.86. The standard InChI is InChI=1S/C16H20N4O3/c1-3-22-16(21)13-7-4-8-17-14(13)20-9-5-6-12(10-20)15-18-11(2)19-23-15/h4,7-8,12H,3,5-6,9-10H2,1-2H3/t12-/m0/s1. The van der Waals surface area contributed by atoms with Gasteiger partial charge >= 0.3 is 5.97 Å². The second kappa shape index (κ2) is 6.76. The summed E-state index contributed by atoms with van der Waals surface area (Å²) in [5.41, 5.74) is 0.497. The smallest absolute Gasteiger partial charge is 0.341 e. The van der Waals surface area contributed by atoms with Crippen molar-refractivity contribution in [3.8, 4) is 0 Å². The predicted molar refractivity (Wildman–Crippen MR) is 83.4 cm³/mol. The molecule has 3 heterocycles. The molecule has 2 aromatic rings. The molecule has 0 spiro atoms. The molecule has 0 bridgehead atoms. The maximum atomic E-state index is 12.1. The van der Waals surface area contributed by atoms with Crippen molar-refractivity contribution in [2.45, 2.75) is 32.6 Å². The van der Waals surface area contributed by atoms with Gasteiger partial charge in [0.2, 0.25) is 5.89 Å². The van der Waals surface area contributed by atoms with Gasteiger partial charge in [-0.15, -0.1) is 0 Å². The summed E-state index contributed by atoms with van der Waals surface area (Å²) >= 11 is 0. The highest BCUT2D eigenvalue weighted by Crippen LogP contribution is 2.30. The van der Waals surface area contributed by atoms with Gasteiger partial charge in [0.15, 0.2) is 5.82 Å². The average Bonchev–Trinajstić information content (AvgIpc) is 3.02. The molecule has 122 valence electrons. The van der Waals surface area contributed by atoms with Gasteiger partial charge in [-0.3, -0.25) is 0 Å². The summed E-state index contributed by atoms with van der Waals surface area (Å²) in [6.07, 6.45) is 3.66. The summed E-state index contributed by atoms with van der Waals surface area (Å²) < 4.78 is 10.4. The van der Waals surface area contributed by atoms with E-state index in [1.54, 1.807) is 25.3 Å². The monoisotopic (exact) mass is 316 g/mol. The number of anilines is 1. The van der Waals surface area contributed by atoms with Crippen LogP contribution in [-0.4, -0.2) is 40.8 Å². The molecule has 0 amide bonds. The number of carbonyl (C=O) groups is 1. The van der Waals surface area contributed by atoms with E-state index >= 15 is 0 Å². The van der Waals surface area contributed by atoms with Gasteiger partial charge in [0, 0.05) is 19.3 Å². The van der Waals surface area contributed by atoms with Crippen LogP contribution in [0.4, 0.5) is 5.82 Å². The number of esters is 1. The highest BCUT2D eigenvalue weighted by atomic mass is 16.5. The number of pyridine rings is 1. The van der Waals surface area contributed by atoms with E-state index in [-0.39, 0.29) is 11.9 Å². The number of hydrogen-bond acceptors (Lipinski definition) is 7. The zero-order valence-electron chi connectivity index (χ0n) is 13.4. The molecule has 1 aliphatic heterocycles. The zero-order valence-corrected chi connectivity index (χ0v) is 13.4. The van der Waals surface area contributed by atoms with Crippen molar-refractivity contribution in [3.05, 3.63) is 35.6 Å². The van der Waals surface area contributed by atoms with Crippen molar-refractivity contribution in [3.63, 3.8) is 0 Å². The zero-order chi connectivity index (χ0) is 16.2. The number of carbonyl (C=O) groups excluding carboxylic acids is 1. The molecule has 1 atom stereocenters. The minimum absolute atomic E-state index is 0.155. The minimum Gasteiger partial charge on any atom is -0.462 e. The molecule has 1 saturated heterocycles. The molecular weight excluding hydrogens is 296 g/mol. The summed E-state index contributed by atoms with van der Waals surface area (Å²) in [5, 5.41) is 3.87. The van der Waals surface area contributed by atoms with Crippen LogP contribution in [0.3, 0.4) is 0 Å². The van der Waals surface area contributed by atoms with Crippen LogP contribution in [0, 0.1) is 6.92 Å². The highest BCUT2D eigenvalue weighted by Gasteiger charge is 2.28. The largest absolute Gasteiger partial charge is 0.462 e. The van der Waals surface area contributed by atoms with Gasteiger partial charge in [-0.05, 0) is 38.8 Å². The van der Waals surface area contributed by atoms with Gasteiger partial charge in [0.1, 0.15) is 11.4 Å². The fraction of sp³-hybridized carbons (Fsp3) is 0.500. The molecule has 7 nitrogen and oxygen atoms in total. The maximum Gasteiger partial charge on any atom is 0.341 e. The molecule has 7 heteroatoms. The SMILES string of the molecule is CCOC(=O)c1cccnc1N1CCC[C@H](c2nc(C)no2)C1. The van der Waals surface area contributed by atoms with Crippen LogP contribution in [0.25, 0.3) is 0 Å². The lowest BCUT2D eigenvalue weighted by molar-refractivity contribution is 0.0526. The lowest BCUT2D eigenvalue weighted by atomic mass is 9.97. The van der Waals surface area contributed by atoms with Crippen LogP contribution in [0.2, 0.25) is 0 Å². The van der Waals surface area contributed by atoms with E-state index in [0.29, 0.717) is 36.2 Å². The minimum atomic E-state index is -0.341. The number of hydrogen-bond donors (Lipinski definition) is 0. The van der Waals surface area contributed by atoms with E-state index in [1.165, 1.54) is 0 Å². The summed E-state index contributed by atoms with van der Waals surface area (Å²) in [4.78, 5) is 23.0. The quantitative estimate of drug-likeness (QED) is 0.801. The van der Waals surface area contributed by atoms with Crippen LogP contribution >= 0.6 is 0 Å². The number of aromatic nitrogens is 3. The molecule has 23 heavy (non-hydrogen) atoms. The van der Waals surface area contributed by atoms with Gasteiger partial charge in [-0.2, -0.15) is 4.98 Å². The third-order valence-electron chi connectivity index (χ3n) is 3.90. The van der Waals surface area contributed by atoms with Crippen molar-refractivity contribution in [1.82, 2.24) is 15.1 Å². The Kier molecular flexibility index (Phi) is 4.55. The van der Waals surface area contributed by atoms with Crippen molar-refractivity contribution >= 4 is 11.8 Å². The molecule has 1 aliphatic rings. The Morgan fingerprint density at radius 3 is 3.13 bits per heavy atom. The van der Waals surface area contributed by atoms with Crippen LogP contribution < -0.4 is 4.90 Å². The Morgan fingerprint density at radius 2 is 2.39 bits per heavy atom. The van der Waals surface area contributed by atoms with Crippen molar-refractivity contribution in [1.29, 1.82) is 0 Å². The second-order valence-electron chi connectivity index (χ2n) is 5.56. The Bertz CT molecular complexity index is 685. The summed E-state index contributed by atoms with van der Waals surface area (Å²) in [6.45, 7) is 5.49. The third kappa shape index (κ3) is 3.33. The molecule has 0 aromatic carbocycles. The molecule has 0 aliphatic carbocycles. The molecule has 0 N–H and O–H groups in total. The highest BCUT2D eigenvalue weighted by molar-refractivity contribution is 5.94. The van der Waals surface area contributed by atoms with Gasteiger partial charge in [-0.1, -0.05) is 5.16 Å². The van der Waals surface area contributed by atoms with E-state index < -0.39 is 0 Å². The van der Waals surface area contributed by atoms with Gasteiger partial charge in [0.25, 0.3) is 0 Å². The van der Waals surface area contributed by atoms with Crippen molar-refractivity contribution < 1.29 is 14.1 Å². The van der Waals surface area contributed by atoms with E-state index in [2.05, 4.69) is 20.0 Å². The molecule has 1 fully saturated rings. The van der Waals surface area contributed by atoms with Gasteiger partial charge < -0.3 is 14.2 Å². The Labute approximate surface area is 134 Å². The van der Waals surface area contributed by atoms with Crippen LogP contribution in [0.5, 0.6) is 0 Å². The topological polar surface area (TPSA) is 81.4 Å². The summed E-state index contributed by atoms with van der Waals surface area (Å²) in [5.74, 6) is 1.77. The lowest BCUT2D eigenvalue weighted by Crippen LogP contribution is -2.36. The van der Waals surface area contributed by atoms with E-state index in [9.17, 15) is 4.79 Å². The molecule has 0 radical (unpaired) electrons. The maximum absolute atomic E-state index is 12.1. The number of ether oxygens (including phenoxy) is 1. The number of piperidine rings is 1. The van der Waals surface area contributed by atoms with Crippen molar-refractivity contribution in [2.75, 3.05) is 24.6 Å². The van der Waals surface area contributed by atoms with Crippen LogP contribution in [0.1, 0.15) is 47.8 Å². The van der Waals surface area contributed by atoms with Crippen LogP contribution in [0.15, 0.2) is 22.9 Å². The first-order chi connectivity index (χ1) is 11.2. The van der Waals surface area contributed by atoms with Crippen molar-refractivity contribution in [2.24, 2.45) is 0 Å². The molecule has 3 rings (SSSR count). The fourth-order valence-corrected chi connectivity index (χ4v) is 2.87. The third-order valence-corrected chi connectivity index (χ3v) is 3.90. The number of aryl methyl sites for hydroxylation is 1. The molecule has 2 aromatic heterocycles. The number of nitrogens with zero attached hydrogens (tertiary/aromatic N) is 4. The second-order valence-corrected chi connectivity index (χ2v) is 5.56. The normalized spacial score (nSPS) is 18.0. The van der Waals surface area contributed by atoms with Gasteiger partial charge in [0.05, 0.1) is 12.5 Å². The Morgan fingerprint density at radius 1 is 1.52 bits per heavy atom. The first-order valence-corrected chi connectivity index (χ1v) is 7.86. The van der Waals surface area contributed by atoms with Gasteiger partial charge in [-0.25, -0.2) is 9.78 Å². The lowest BCUT2D eigenvalue weighted by Gasteiger charge is -2.32. The van der Waals surface area contributed by atoms with Crippen LogP contribution in [-0.2, 0) is 4.74 Å². The molecule has 0 saturated carbocycles. The Hall–Kier alpha value is -2.44. The van der Waals surface area contributed by atoms with E-state index in [0.717, 1.165) is 19.4 Å². The first kappa shape index (κ1) is 15.5. The Balaban J connectivity index is 1.83. The average molecular weight is 316 g/mol. The summed E-state index contributed by atoms with van der Waals surface area (Å²) in [7, 11) is 0. The number of rotatable bonds is 4.